The fraction of sp³-hybridized carbons (Fsp3) is 0.143. The number of nitrogens with zero attached hydrogens (tertiary/aromatic N) is 3. The summed E-state index contributed by atoms with van der Waals surface area (Å²) in [6.45, 7) is 1.89. The molecule has 1 aromatic carbocycles. The molecule has 2 rings (SSSR count). The van der Waals surface area contributed by atoms with Crippen molar-refractivity contribution in [3.8, 4) is 11.8 Å². The third-order valence-corrected chi connectivity index (χ3v) is 2.71. The van der Waals surface area contributed by atoms with Crippen LogP contribution in [0.3, 0.4) is 0 Å². The molecule has 0 spiro atoms. The van der Waals surface area contributed by atoms with E-state index in [1.807, 2.05) is 6.07 Å². The molecule has 0 bridgehead atoms. The first-order chi connectivity index (χ1) is 9.61. The minimum Gasteiger partial charge on any atom is -0.482 e. The minimum atomic E-state index is -0.477. The van der Waals surface area contributed by atoms with E-state index in [1.165, 1.54) is 12.3 Å². The van der Waals surface area contributed by atoms with Gasteiger partial charge in [-0.25, -0.2) is 4.98 Å². The van der Waals surface area contributed by atoms with E-state index in [0.717, 1.165) is 5.56 Å². The Hall–Kier alpha value is -2.94. The number of hydrogen-bond acceptors (Lipinski definition) is 5. The summed E-state index contributed by atoms with van der Waals surface area (Å²) in [4.78, 5) is 14.3. The molecule has 2 aromatic rings. The van der Waals surface area contributed by atoms with Crippen LogP contribution in [0.1, 0.15) is 16.8 Å². The van der Waals surface area contributed by atoms with Gasteiger partial charge in [-0.2, -0.15) is 5.26 Å². The van der Waals surface area contributed by atoms with E-state index >= 15 is 0 Å². The maximum absolute atomic E-state index is 11.0. The molecule has 1 aromatic heterocycles. The molecule has 0 saturated heterocycles. The molecule has 0 amide bonds. The molecule has 0 aliphatic heterocycles. The molecule has 1 heterocycles. The Labute approximate surface area is 115 Å². The lowest BCUT2D eigenvalue weighted by atomic mass is 10.2. The third kappa shape index (κ3) is 2.90. The Morgan fingerprint density at radius 3 is 2.95 bits per heavy atom. The highest BCUT2D eigenvalue weighted by Crippen LogP contribution is 2.30. The monoisotopic (exact) mass is 269 g/mol. The van der Waals surface area contributed by atoms with E-state index in [2.05, 4.69) is 4.98 Å². The van der Waals surface area contributed by atoms with Crippen molar-refractivity contribution < 1.29 is 9.66 Å². The average Bonchev–Trinajstić information content (AvgIpc) is 2.45. The number of nitriles is 1. The Balaban J connectivity index is 2.23. The van der Waals surface area contributed by atoms with Crippen LogP contribution in [0.2, 0.25) is 0 Å². The normalized spacial score (nSPS) is 9.80. The van der Waals surface area contributed by atoms with Gasteiger partial charge in [0.2, 0.25) is 0 Å². The number of aromatic nitrogens is 1. The van der Waals surface area contributed by atoms with E-state index in [1.54, 1.807) is 31.2 Å². The molecule has 0 fully saturated rings. The number of rotatable bonds is 4. The summed E-state index contributed by atoms with van der Waals surface area (Å²) >= 11 is 0. The van der Waals surface area contributed by atoms with Crippen LogP contribution in [0.4, 0.5) is 5.69 Å². The summed E-state index contributed by atoms with van der Waals surface area (Å²) < 4.78 is 5.54. The number of hydrogen-bond donors (Lipinski definition) is 0. The number of benzene rings is 1. The molecule has 0 atom stereocenters. The summed E-state index contributed by atoms with van der Waals surface area (Å²) in [6.07, 6.45) is 1.50. The zero-order chi connectivity index (χ0) is 14.5. The lowest BCUT2D eigenvalue weighted by Crippen LogP contribution is -2.01. The van der Waals surface area contributed by atoms with Crippen LogP contribution >= 0.6 is 0 Å². The standard InChI is InChI=1S/C14H11N3O3/c1-10-3-2-4-13(17(18)19)14(10)20-9-11-5-6-16-12(7-11)8-15/h2-7H,9H2,1H3. The molecular formula is C14H11N3O3. The van der Waals surface area contributed by atoms with Crippen LogP contribution in [-0.4, -0.2) is 9.91 Å². The highest BCUT2D eigenvalue weighted by atomic mass is 16.6. The zero-order valence-electron chi connectivity index (χ0n) is 10.7. The number of nitro groups is 1. The second-order valence-electron chi connectivity index (χ2n) is 4.13. The van der Waals surface area contributed by atoms with Crippen molar-refractivity contribution in [1.82, 2.24) is 4.98 Å². The minimum absolute atomic E-state index is 0.0698. The van der Waals surface area contributed by atoms with Crippen LogP contribution in [0.5, 0.6) is 5.75 Å². The van der Waals surface area contributed by atoms with Crippen molar-refractivity contribution in [2.75, 3.05) is 0 Å². The summed E-state index contributed by atoms with van der Waals surface area (Å²) in [5, 5.41) is 19.7. The lowest BCUT2D eigenvalue weighted by Gasteiger charge is -2.09. The van der Waals surface area contributed by atoms with Crippen molar-refractivity contribution in [1.29, 1.82) is 5.26 Å². The van der Waals surface area contributed by atoms with Gasteiger partial charge in [0.1, 0.15) is 18.4 Å². The number of nitro benzene ring substituents is 1. The molecule has 0 unspecified atom stereocenters. The van der Waals surface area contributed by atoms with Gasteiger partial charge in [0.05, 0.1) is 4.92 Å². The zero-order valence-corrected chi connectivity index (χ0v) is 10.7. The summed E-state index contributed by atoms with van der Waals surface area (Å²) in [5.74, 6) is 0.243. The maximum atomic E-state index is 11.0. The molecule has 20 heavy (non-hydrogen) atoms. The molecule has 0 saturated carbocycles. The number of pyridine rings is 1. The van der Waals surface area contributed by atoms with Crippen LogP contribution in [0, 0.1) is 28.4 Å². The summed E-state index contributed by atoms with van der Waals surface area (Å²) in [7, 11) is 0. The lowest BCUT2D eigenvalue weighted by molar-refractivity contribution is -0.386. The average molecular weight is 269 g/mol. The summed E-state index contributed by atoms with van der Waals surface area (Å²) in [5.41, 5.74) is 1.63. The predicted molar refractivity (Wildman–Crippen MR) is 71.1 cm³/mol. The Kier molecular flexibility index (Phi) is 3.91. The number of ether oxygens (including phenoxy) is 1. The van der Waals surface area contributed by atoms with Gasteiger partial charge in [0.25, 0.3) is 0 Å². The van der Waals surface area contributed by atoms with Crippen molar-refractivity contribution in [3.05, 3.63) is 63.5 Å². The number of aryl methyl sites for hydroxylation is 1. The van der Waals surface area contributed by atoms with Gasteiger partial charge >= 0.3 is 5.69 Å². The predicted octanol–water partition coefficient (Wildman–Crippen LogP) is 2.75. The first-order valence-corrected chi connectivity index (χ1v) is 5.83. The number of para-hydroxylation sites is 1. The summed E-state index contributed by atoms with van der Waals surface area (Å²) in [6, 6.07) is 9.97. The quantitative estimate of drug-likeness (QED) is 0.628. The van der Waals surface area contributed by atoms with E-state index in [4.69, 9.17) is 10.00 Å². The van der Waals surface area contributed by atoms with Crippen molar-refractivity contribution >= 4 is 5.69 Å². The van der Waals surface area contributed by atoms with Gasteiger partial charge in [-0.3, -0.25) is 10.1 Å². The second-order valence-corrected chi connectivity index (χ2v) is 4.13. The van der Waals surface area contributed by atoms with Crippen LogP contribution < -0.4 is 4.74 Å². The highest BCUT2D eigenvalue weighted by Gasteiger charge is 2.16. The van der Waals surface area contributed by atoms with E-state index in [9.17, 15) is 10.1 Å². The molecular weight excluding hydrogens is 258 g/mol. The van der Waals surface area contributed by atoms with Gasteiger partial charge in [-0.05, 0) is 30.2 Å². The van der Waals surface area contributed by atoms with Gasteiger partial charge < -0.3 is 4.74 Å². The highest BCUT2D eigenvalue weighted by molar-refractivity contribution is 5.51. The van der Waals surface area contributed by atoms with E-state index < -0.39 is 4.92 Å². The Morgan fingerprint density at radius 2 is 2.25 bits per heavy atom. The van der Waals surface area contributed by atoms with E-state index in [-0.39, 0.29) is 23.7 Å². The maximum Gasteiger partial charge on any atom is 0.311 e. The molecule has 0 N–H and O–H groups in total. The molecule has 0 aliphatic rings. The smallest absolute Gasteiger partial charge is 0.311 e. The van der Waals surface area contributed by atoms with Gasteiger partial charge in [0.15, 0.2) is 5.75 Å². The van der Waals surface area contributed by atoms with Crippen molar-refractivity contribution in [2.24, 2.45) is 0 Å². The van der Waals surface area contributed by atoms with Crippen LogP contribution in [-0.2, 0) is 6.61 Å². The molecule has 0 radical (unpaired) electrons. The largest absolute Gasteiger partial charge is 0.482 e. The fourth-order valence-corrected chi connectivity index (χ4v) is 1.75. The van der Waals surface area contributed by atoms with Gasteiger partial charge in [-0.15, -0.1) is 0 Å². The van der Waals surface area contributed by atoms with Crippen LogP contribution in [0.15, 0.2) is 36.5 Å². The van der Waals surface area contributed by atoms with Gasteiger partial charge in [-0.1, -0.05) is 12.1 Å². The van der Waals surface area contributed by atoms with Crippen molar-refractivity contribution in [3.63, 3.8) is 0 Å². The first-order valence-electron chi connectivity index (χ1n) is 5.83. The topological polar surface area (TPSA) is 89.1 Å². The molecule has 6 heteroatoms. The molecule has 6 nitrogen and oxygen atoms in total. The van der Waals surface area contributed by atoms with Crippen LogP contribution in [0.25, 0.3) is 0 Å². The second kappa shape index (κ2) is 5.80. The third-order valence-electron chi connectivity index (χ3n) is 2.71. The fourth-order valence-electron chi connectivity index (χ4n) is 1.75. The van der Waals surface area contributed by atoms with Crippen molar-refractivity contribution in [2.45, 2.75) is 13.5 Å². The Bertz CT molecular complexity index is 692. The first kappa shape index (κ1) is 13.5. The SMILES string of the molecule is Cc1cccc([N+](=O)[O-])c1OCc1ccnc(C#N)c1. The molecule has 100 valence electrons. The van der Waals surface area contributed by atoms with E-state index in [0.29, 0.717) is 5.56 Å². The van der Waals surface area contributed by atoms with Gasteiger partial charge in [0, 0.05) is 12.3 Å². The molecule has 0 aliphatic carbocycles. The Morgan fingerprint density at radius 1 is 1.45 bits per heavy atom.